The van der Waals surface area contributed by atoms with Gasteiger partial charge in [-0.3, -0.25) is 4.79 Å². The lowest BCUT2D eigenvalue weighted by atomic mass is 10.2. The summed E-state index contributed by atoms with van der Waals surface area (Å²) >= 11 is 3.35. The van der Waals surface area contributed by atoms with E-state index >= 15 is 0 Å². The summed E-state index contributed by atoms with van der Waals surface area (Å²) < 4.78 is 6.16. The Morgan fingerprint density at radius 1 is 1.50 bits per heavy atom. The Balaban J connectivity index is 2.23. The Morgan fingerprint density at radius 3 is 3.11 bits per heavy atom. The van der Waals surface area contributed by atoms with E-state index < -0.39 is 0 Å². The number of nitrogens with zero attached hydrogens (tertiary/aromatic N) is 2. The fourth-order valence-corrected chi connectivity index (χ4v) is 2.25. The molecule has 1 amide bonds. The zero-order valence-electron chi connectivity index (χ0n) is 10.3. The average molecular weight is 314 g/mol. The first-order chi connectivity index (χ1) is 8.72. The minimum Gasteiger partial charge on any atom is -0.380 e. The van der Waals surface area contributed by atoms with E-state index in [4.69, 9.17) is 4.74 Å². The van der Waals surface area contributed by atoms with Crippen LogP contribution in [0.5, 0.6) is 0 Å². The number of anilines is 1. The topological polar surface area (TPSA) is 54.5 Å². The van der Waals surface area contributed by atoms with Gasteiger partial charge in [-0.15, -0.1) is 0 Å². The first-order valence-corrected chi connectivity index (χ1v) is 6.72. The van der Waals surface area contributed by atoms with Gasteiger partial charge in [0.05, 0.1) is 12.2 Å². The molecule has 0 aromatic carbocycles. The minimum atomic E-state index is -0.00125. The van der Waals surface area contributed by atoms with Gasteiger partial charge in [-0.25, -0.2) is 4.98 Å². The fourth-order valence-electron chi connectivity index (χ4n) is 1.92. The summed E-state index contributed by atoms with van der Waals surface area (Å²) in [5, 5.41) is 2.95. The van der Waals surface area contributed by atoms with Gasteiger partial charge in [-0.05, 0) is 28.4 Å². The van der Waals surface area contributed by atoms with Crippen molar-refractivity contribution in [3.63, 3.8) is 0 Å². The van der Waals surface area contributed by atoms with Crippen LogP contribution in [0.4, 0.5) is 5.82 Å². The molecule has 0 bridgehead atoms. The molecule has 1 N–H and O–H groups in total. The third-order valence-electron chi connectivity index (χ3n) is 2.83. The summed E-state index contributed by atoms with van der Waals surface area (Å²) in [5.74, 6) is 0.604. The van der Waals surface area contributed by atoms with Crippen LogP contribution in [-0.4, -0.2) is 49.1 Å². The van der Waals surface area contributed by atoms with Crippen LogP contribution in [0.2, 0.25) is 0 Å². The molecule has 1 aromatic rings. The number of nitrogens with one attached hydrogen (secondary N) is 1. The average Bonchev–Trinajstić information content (AvgIpc) is 2.66. The third kappa shape index (κ3) is 3.00. The van der Waals surface area contributed by atoms with E-state index in [2.05, 4.69) is 26.2 Å². The molecule has 1 fully saturated rings. The van der Waals surface area contributed by atoms with E-state index in [1.807, 2.05) is 4.90 Å². The van der Waals surface area contributed by atoms with Gasteiger partial charge in [0.2, 0.25) is 0 Å². The van der Waals surface area contributed by atoms with E-state index in [1.54, 1.807) is 19.3 Å². The summed E-state index contributed by atoms with van der Waals surface area (Å²) in [4.78, 5) is 18.5. The van der Waals surface area contributed by atoms with Crippen molar-refractivity contribution >= 4 is 27.7 Å². The lowest BCUT2D eigenvalue weighted by Crippen LogP contribution is -2.33. The minimum absolute atomic E-state index is 0.00125. The van der Waals surface area contributed by atoms with E-state index in [0.717, 1.165) is 24.0 Å². The Kier molecular flexibility index (Phi) is 4.54. The van der Waals surface area contributed by atoms with Crippen LogP contribution in [0.25, 0.3) is 0 Å². The van der Waals surface area contributed by atoms with Gasteiger partial charge in [0.25, 0.3) is 5.91 Å². The van der Waals surface area contributed by atoms with Crippen molar-refractivity contribution in [2.45, 2.75) is 6.42 Å². The van der Waals surface area contributed by atoms with Gasteiger partial charge in [-0.1, -0.05) is 0 Å². The Labute approximate surface area is 115 Å². The molecule has 2 rings (SSSR count). The van der Waals surface area contributed by atoms with Gasteiger partial charge in [-0.2, -0.15) is 0 Å². The quantitative estimate of drug-likeness (QED) is 0.903. The molecule has 0 saturated carbocycles. The van der Waals surface area contributed by atoms with Crippen molar-refractivity contribution in [1.29, 1.82) is 0 Å². The van der Waals surface area contributed by atoms with Crippen molar-refractivity contribution < 1.29 is 9.53 Å². The lowest BCUT2D eigenvalue weighted by molar-refractivity contribution is 0.0742. The number of aromatic nitrogens is 1. The first kappa shape index (κ1) is 13.3. The van der Waals surface area contributed by atoms with Crippen LogP contribution in [0, 0.1) is 0 Å². The predicted molar refractivity (Wildman–Crippen MR) is 72.8 cm³/mol. The summed E-state index contributed by atoms with van der Waals surface area (Å²) in [6.07, 6.45) is 2.55. The lowest BCUT2D eigenvalue weighted by Gasteiger charge is -2.20. The Bertz CT molecular complexity index is 431. The number of carbonyl (C=O) groups is 1. The molecule has 2 heterocycles. The molecule has 6 heteroatoms. The smallest absolute Gasteiger partial charge is 0.257 e. The van der Waals surface area contributed by atoms with Crippen molar-refractivity contribution in [1.82, 2.24) is 9.88 Å². The number of pyridine rings is 1. The number of amides is 1. The normalized spacial score (nSPS) is 16.2. The standard InChI is InChI=1S/C12H16BrN3O2/c1-14-11-10(7-9(13)8-15-11)12(17)16-3-2-5-18-6-4-16/h7-8H,2-6H2,1H3,(H,14,15). The van der Waals surface area contributed by atoms with Crippen LogP contribution in [0.3, 0.4) is 0 Å². The molecule has 0 radical (unpaired) electrons. The molecule has 5 nitrogen and oxygen atoms in total. The van der Waals surface area contributed by atoms with E-state index in [1.165, 1.54) is 0 Å². The molecule has 18 heavy (non-hydrogen) atoms. The van der Waals surface area contributed by atoms with Gasteiger partial charge in [0, 0.05) is 37.4 Å². The van der Waals surface area contributed by atoms with Crippen molar-refractivity contribution in [2.75, 3.05) is 38.7 Å². The summed E-state index contributed by atoms with van der Waals surface area (Å²) in [6, 6.07) is 1.80. The molecule has 0 spiro atoms. The highest BCUT2D eigenvalue weighted by atomic mass is 79.9. The molecule has 0 aliphatic carbocycles. The second kappa shape index (κ2) is 6.15. The maximum atomic E-state index is 12.5. The van der Waals surface area contributed by atoms with E-state index in [9.17, 15) is 4.79 Å². The number of rotatable bonds is 2. The molecular formula is C12H16BrN3O2. The highest BCUT2D eigenvalue weighted by Crippen LogP contribution is 2.20. The molecule has 98 valence electrons. The highest BCUT2D eigenvalue weighted by Gasteiger charge is 2.20. The molecule has 1 saturated heterocycles. The monoisotopic (exact) mass is 313 g/mol. The van der Waals surface area contributed by atoms with Crippen molar-refractivity contribution in [3.8, 4) is 0 Å². The van der Waals surface area contributed by atoms with Crippen LogP contribution in [0.1, 0.15) is 16.8 Å². The number of ether oxygens (including phenoxy) is 1. The van der Waals surface area contributed by atoms with Crippen molar-refractivity contribution in [3.05, 3.63) is 22.3 Å². The van der Waals surface area contributed by atoms with Gasteiger partial charge >= 0.3 is 0 Å². The van der Waals surface area contributed by atoms with Crippen LogP contribution in [0.15, 0.2) is 16.7 Å². The molecule has 1 aliphatic heterocycles. The maximum Gasteiger partial charge on any atom is 0.257 e. The summed E-state index contributed by atoms with van der Waals surface area (Å²) in [5.41, 5.74) is 0.591. The van der Waals surface area contributed by atoms with Crippen molar-refractivity contribution in [2.24, 2.45) is 0 Å². The predicted octanol–water partition coefficient (Wildman–Crippen LogP) is 1.75. The molecule has 1 aliphatic rings. The highest BCUT2D eigenvalue weighted by molar-refractivity contribution is 9.10. The fraction of sp³-hybridized carbons (Fsp3) is 0.500. The third-order valence-corrected chi connectivity index (χ3v) is 3.26. The zero-order valence-corrected chi connectivity index (χ0v) is 11.9. The van der Waals surface area contributed by atoms with Gasteiger partial charge < -0.3 is 15.0 Å². The van der Waals surface area contributed by atoms with Gasteiger partial charge in [0.15, 0.2) is 0 Å². The number of carbonyl (C=O) groups excluding carboxylic acids is 1. The molecule has 1 aromatic heterocycles. The second-order valence-electron chi connectivity index (χ2n) is 4.06. The van der Waals surface area contributed by atoms with Crippen LogP contribution in [-0.2, 0) is 4.74 Å². The van der Waals surface area contributed by atoms with E-state index in [-0.39, 0.29) is 5.91 Å². The number of hydrogen-bond donors (Lipinski definition) is 1. The van der Waals surface area contributed by atoms with Crippen LogP contribution >= 0.6 is 15.9 Å². The number of halogens is 1. The second-order valence-corrected chi connectivity index (χ2v) is 4.97. The zero-order chi connectivity index (χ0) is 13.0. The SMILES string of the molecule is CNc1ncc(Br)cc1C(=O)N1CCCOCC1. The number of hydrogen-bond acceptors (Lipinski definition) is 4. The largest absolute Gasteiger partial charge is 0.380 e. The molecular weight excluding hydrogens is 298 g/mol. The summed E-state index contributed by atoms with van der Waals surface area (Å²) in [6.45, 7) is 2.68. The summed E-state index contributed by atoms with van der Waals surface area (Å²) in [7, 11) is 1.76. The Morgan fingerprint density at radius 2 is 2.33 bits per heavy atom. The molecule has 0 unspecified atom stereocenters. The Hall–Kier alpha value is -1.14. The van der Waals surface area contributed by atoms with Crippen LogP contribution < -0.4 is 5.32 Å². The first-order valence-electron chi connectivity index (χ1n) is 5.92. The van der Waals surface area contributed by atoms with Gasteiger partial charge in [0.1, 0.15) is 5.82 Å². The molecule has 0 atom stereocenters. The maximum absolute atomic E-state index is 12.5. The van der Waals surface area contributed by atoms with E-state index in [0.29, 0.717) is 24.5 Å².